The Morgan fingerprint density at radius 1 is 1.38 bits per heavy atom. The zero-order chi connectivity index (χ0) is 11.9. The number of carboxylic acid groups (broad SMARTS) is 1. The number of benzene rings is 1. The molecule has 0 saturated carbocycles. The summed E-state index contributed by atoms with van der Waals surface area (Å²) in [5, 5.41) is 8.74. The largest absolute Gasteiger partial charge is 0.481 e. The molecule has 1 heterocycles. The molecular formula is C10H7ClO4S. The van der Waals surface area contributed by atoms with Crippen LogP contribution in [0.4, 0.5) is 0 Å². The minimum atomic E-state index is -3.72. The van der Waals surface area contributed by atoms with Crippen molar-refractivity contribution in [2.45, 2.75) is 11.3 Å². The number of halogens is 1. The Hall–Kier alpha value is -1.33. The molecule has 0 spiro atoms. The third kappa shape index (κ3) is 1.62. The summed E-state index contributed by atoms with van der Waals surface area (Å²) in [6.45, 7) is 0. The lowest BCUT2D eigenvalue weighted by Gasteiger charge is -2.02. The molecule has 84 valence electrons. The molecule has 1 aliphatic rings. The molecule has 0 unspecified atom stereocenters. The van der Waals surface area contributed by atoms with E-state index in [1.54, 1.807) is 12.1 Å². The van der Waals surface area contributed by atoms with Gasteiger partial charge < -0.3 is 5.11 Å². The highest BCUT2D eigenvalue weighted by molar-refractivity contribution is 7.96. The van der Waals surface area contributed by atoms with E-state index in [0.29, 0.717) is 5.56 Å². The van der Waals surface area contributed by atoms with Crippen LogP contribution in [0.5, 0.6) is 0 Å². The third-order valence-corrected chi connectivity index (χ3v) is 4.63. The molecule has 0 atom stereocenters. The highest BCUT2D eigenvalue weighted by Crippen LogP contribution is 2.38. The Kier molecular flexibility index (Phi) is 2.52. The van der Waals surface area contributed by atoms with Crippen molar-refractivity contribution in [2.24, 2.45) is 0 Å². The van der Waals surface area contributed by atoms with Crippen LogP contribution >= 0.6 is 11.6 Å². The molecule has 1 aromatic rings. The zero-order valence-corrected chi connectivity index (χ0v) is 9.55. The van der Waals surface area contributed by atoms with Gasteiger partial charge in [-0.2, -0.15) is 0 Å². The normalized spacial score (nSPS) is 16.7. The number of fused-ring (bicyclic) bond motifs is 1. The lowest BCUT2D eigenvalue weighted by Crippen LogP contribution is -2.06. The van der Waals surface area contributed by atoms with Gasteiger partial charge in [0.05, 0.1) is 21.2 Å². The van der Waals surface area contributed by atoms with E-state index < -0.39 is 22.2 Å². The van der Waals surface area contributed by atoms with Crippen LogP contribution < -0.4 is 0 Å². The van der Waals surface area contributed by atoms with Crippen molar-refractivity contribution >= 4 is 33.5 Å². The van der Waals surface area contributed by atoms with Crippen LogP contribution in [0, 0.1) is 0 Å². The summed E-state index contributed by atoms with van der Waals surface area (Å²) in [4.78, 5) is 10.4. The summed E-state index contributed by atoms with van der Waals surface area (Å²) >= 11 is 5.80. The summed E-state index contributed by atoms with van der Waals surface area (Å²) in [5.74, 6) is -1.18. The van der Waals surface area contributed by atoms with Crippen LogP contribution in [0.3, 0.4) is 0 Å². The van der Waals surface area contributed by atoms with Crippen LogP contribution in [0.2, 0.25) is 5.02 Å². The first-order valence-electron chi connectivity index (χ1n) is 4.39. The third-order valence-electron chi connectivity index (χ3n) is 2.25. The van der Waals surface area contributed by atoms with Crippen molar-refractivity contribution in [1.82, 2.24) is 0 Å². The molecule has 16 heavy (non-hydrogen) atoms. The Balaban J connectivity index is 2.61. The Morgan fingerprint density at radius 3 is 2.62 bits per heavy atom. The highest BCUT2D eigenvalue weighted by Gasteiger charge is 2.32. The molecule has 1 aliphatic heterocycles. The van der Waals surface area contributed by atoms with Crippen molar-refractivity contribution in [3.8, 4) is 0 Å². The zero-order valence-electron chi connectivity index (χ0n) is 7.97. The molecule has 2 rings (SSSR count). The Labute approximate surface area is 97.1 Å². The Bertz CT molecular complexity index is 601. The van der Waals surface area contributed by atoms with E-state index >= 15 is 0 Å². The van der Waals surface area contributed by atoms with Crippen molar-refractivity contribution < 1.29 is 18.3 Å². The van der Waals surface area contributed by atoms with E-state index in [2.05, 4.69) is 0 Å². The van der Waals surface area contributed by atoms with Gasteiger partial charge in [0.15, 0.2) is 0 Å². The van der Waals surface area contributed by atoms with Gasteiger partial charge in [0.25, 0.3) is 0 Å². The lowest BCUT2D eigenvalue weighted by molar-refractivity contribution is -0.136. The van der Waals surface area contributed by atoms with E-state index in [1.165, 1.54) is 12.1 Å². The van der Waals surface area contributed by atoms with Gasteiger partial charge in [0, 0.05) is 0 Å². The number of hydrogen-bond acceptors (Lipinski definition) is 3. The fourth-order valence-corrected chi connectivity index (χ4v) is 3.71. The van der Waals surface area contributed by atoms with E-state index in [9.17, 15) is 13.2 Å². The van der Waals surface area contributed by atoms with Gasteiger partial charge in [-0.1, -0.05) is 23.7 Å². The first-order chi connectivity index (χ1) is 7.43. The first-order valence-corrected chi connectivity index (χ1v) is 6.25. The van der Waals surface area contributed by atoms with Crippen molar-refractivity contribution in [3.63, 3.8) is 0 Å². The minimum Gasteiger partial charge on any atom is -0.481 e. The van der Waals surface area contributed by atoms with Gasteiger partial charge in [-0.05, 0) is 17.7 Å². The average molecular weight is 259 g/mol. The van der Waals surface area contributed by atoms with Gasteiger partial charge >= 0.3 is 5.97 Å². The van der Waals surface area contributed by atoms with E-state index in [4.69, 9.17) is 16.7 Å². The maximum Gasteiger partial charge on any atom is 0.308 e. The fraction of sp³-hybridized carbons (Fsp3) is 0.100. The van der Waals surface area contributed by atoms with Gasteiger partial charge in [-0.3, -0.25) is 4.79 Å². The molecule has 6 heteroatoms. The number of sulfone groups is 1. The summed E-state index contributed by atoms with van der Waals surface area (Å²) in [7, 11) is -3.72. The van der Waals surface area contributed by atoms with Crippen LogP contribution in [0.15, 0.2) is 28.0 Å². The molecule has 1 aromatic carbocycles. The van der Waals surface area contributed by atoms with Gasteiger partial charge in [-0.15, -0.1) is 0 Å². The molecule has 0 radical (unpaired) electrons. The van der Waals surface area contributed by atoms with E-state index in [-0.39, 0.29) is 14.8 Å². The lowest BCUT2D eigenvalue weighted by atomic mass is 10.2. The Morgan fingerprint density at radius 2 is 2.06 bits per heavy atom. The fourth-order valence-electron chi connectivity index (χ4n) is 1.60. The molecule has 4 nitrogen and oxygen atoms in total. The molecule has 0 aromatic heterocycles. The summed E-state index contributed by atoms with van der Waals surface area (Å²) in [6, 6.07) is 4.68. The SMILES string of the molecule is O=C(O)CC1=Cc2cccc(Cl)c2S1(=O)=O. The highest BCUT2D eigenvalue weighted by atomic mass is 35.5. The van der Waals surface area contributed by atoms with Crippen molar-refractivity contribution in [3.05, 3.63) is 33.7 Å². The van der Waals surface area contributed by atoms with E-state index in [1.807, 2.05) is 0 Å². The maximum atomic E-state index is 11.9. The molecule has 0 saturated heterocycles. The van der Waals surface area contributed by atoms with Crippen LogP contribution in [-0.4, -0.2) is 19.5 Å². The number of hydrogen-bond donors (Lipinski definition) is 1. The number of carboxylic acids is 1. The maximum absolute atomic E-state index is 11.9. The van der Waals surface area contributed by atoms with Crippen molar-refractivity contribution in [2.75, 3.05) is 0 Å². The van der Waals surface area contributed by atoms with Gasteiger partial charge in [-0.25, -0.2) is 8.42 Å². The van der Waals surface area contributed by atoms with Gasteiger partial charge in [0.1, 0.15) is 0 Å². The topological polar surface area (TPSA) is 71.4 Å². The number of carbonyl (C=O) groups is 1. The molecule has 0 amide bonds. The molecule has 0 bridgehead atoms. The van der Waals surface area contributed by atoms with Crippen LogP contribution in [-0.2, 0) is 14.6 Å². The van der Waals surface area contributed by atoms with Crippen LogP contribution in [0.25, 0.3) is 6.08 Å². The number of aliphatic carboxylic acids is 1. The summed E-state index contributed by atoms with van der Waals surface area (Å²) in [6.07, 6.45) is 0.831. The average Bonchev–Trinajstić information content (AvgIpc) is 2.38. The number of rotatable bonds is 2. The predicted molar refractivity (Wildman–Crippen MR) is 58.9 cm³/mol. The quantitative estimate of drug-likeness (QED) is 0.880. The monoisotopic (exact) mass is 258 g/mol. The second-order valence-corrected chi connectivity index (χ2v) is 5.69. The minimum absolute atomic E-state index is 0.00733. The first kappa shape index (κ1) is 11.2. The van der Waals surface area contributed by atoms with Crippen molar-refractivity contribution in [1.29, 1.82) is 0 Å². The molecule has 1 N–H and O–H groups in total. The smallest absolute Gasteiger partial charge is 0.308 e. The molecule has 0 fully saturated rings. The van der Waals surface area contributed by atoms with E-state index in [0.717, 1.165) is 0 Å². The molecular weight excluding hydrogens is 252 g/mol. The summed E-state index contributed by atoms with van der Waals surface area (Å²) in [5.41, 5.74) is 0.448. The second kappa shape index (κ2) is 3.61. The van der Waals surface area contributed by atoms with Crippen LogP contribution in [0.1, 0.15) is 12.0 Å². The predicted octanol–water partition coefficient (Wildman–Crippen LogP) is 1.94. The second-order valence-electron chi connectivity index (χ2n) is 3.34. The van der Waals surface area contributed by atoms with Gasteiger partial charge in [0.2, 0.25) is 9.84 Å². The summed E-state index contributed by atoms with van der Waals surface area (Å²) < 4.78 is 23.8. The molecule has 0 aliphatic carbocycles. The standard InChI is InChI=1S/C10H7ClO4S/c11-8-3-1-2-6-4-7(5-9(12)13)16(14,15)10(6)8/h1-4H,5H2,(H,12,13).